The number of anilines is 1. The van der Waals surface area contributed by atoms with Gasteiger partial charge in [-0.25, -0.2) is 13.4 Å². The Morgan fingerprint density at radius 1 is 1.16 bits per heavy atom. The van der Waals surface area contributed by atoms with Crippen molar-refractivity contribution in [1.82, 2.24) is 14.2 Å². The van der Waals surface area contributed by atoms with Gasteiger partial charge in [-0.2, -0.15) is 4.31 Å². The Hall–Kier alpha value is -2.36. The molecule has 31 heavy (non-hydrogen) atoms. The van der Waals surface area contributed by atoms with Gasteiger partial charge in [-0.15, -0.1) is 0 Å². The lowest BCUT2D eigenvalue weighted by Crippen LogP contribution is -2.49. The molecule has 0 spiro atoms. The maximum atomic E-state index is 13.1. The van der Waals surface area contributed by atoms with Crippen LogP contribution in [0.1, 0.15) is 24.2 Å². The number of benzene rings is 1. The van der Waals surface area contributed by atoms with Gasteiger partial charge in [0.15, 0.2) is 0 Å². The van der Waals surface area contributed by atoms with Crippen molar-refractivity contribution in [3.8, 4) is 5.75 Å². The lowest BCUT2D eigenvalue weighted by atomic mass is 10.1. The van der Waals surface area contributed by atoms with E-state index in [-0.39, 0.29) is 16.6 Å². The number of hydrogen-bond acceptors (Lipinski definition) is 6. The van der Waals surface area contributed by atoms with E-state index >= 15 is 0 Å². The second kappa shape index (κ2) is 9.84. The molecule has 2 heterocycles. The molecule has 2 aromatic rings. The molecule has 0 saturated carbocycles. The van der Waals surface area contributed by atoms with Crippen LogP contribution in [-0.4, -0.2) is 74.9 Å². The third-order valence-electron chi connectivity index (χ3n) is 5.34. The normalized spacial score (nSPS) is 14.7. The summed E-state index contributed by atoms with van der Waals surface area (Å²) < 4.78 is 32.7. The number of halogens is 1. The van der Waals surface area contributed by atoms with Gasteiger partial charge in [0.1, 0.15) is 16.5 Å². The van der Waals surface area contributed by atoms with E-state index in [4.69, 9.17) is 16.3 Å². The van der Waals surface area contributed by atoms with Crippen LogP contribution in [-0.2, 0) is 10.0 Å². The molecule has 0 unspecified atom stereocenters. The minimum atomic E-state index is -3.77. The topological polar surface area (TPSA) is 83.1 Å². The summed E-state index contributed by atoms with van der Waals surface area (Å²) in [6, 6.07) is 8.12. The van der Waals surface area contributed by atoms with Crippen LogP contribution in [0.4, 0.5) is 5.82 Å². The standard InChI is InChI=1S/C21H27ClN4O4S/c1-4-26(5-2)31(28,29)19-15-16(8-9-18(19)30-3)21(27)25-13-11-24(12-14-25)20-17(22)7-6-10-23-20/h6-10,15H,4-5,11-14H2,1-3H3. The fourth-order valence-corrected chi connectivity index (χ4v) is 5.51. The van der Waals surface area contributed by atoms with Crippen LogP contribution in [0.3, 0.4) is 0 Å². The molecule has 3 rings (SSSR count). The molecule has 0 bridgehead atoms. The molecule has 1 amide bonds. The smallest absolute Gasteiger partial charge is 0.254 e. The van der Waals surface area contributed by atoms with Gasteiger partial charge in [-0.05, 0) is 30.3 Å². The summed E-state index contributed by atoms with van der Waals surface area (Å²) in [6.07, 6.45) is 1.69. The van der Waals surface area contributed by atoms with Gasteiger partial charge in [0.2, 0.25) is 10.0 Å². The molecule has 8 nitrogen and oxygen atoms in total. The van der Waals surface area contributed by atoms with E-state index in [1.807, 2.05) is 4.90 Å². The third-order valence-corrected chi connectivity index (χ3v) is 7.71. The zero-order valence-electron chi connectivity index (χ0n) is 17.9. The Bertz CT molecular complexity index is 1040. The van der Waals surface area contributed by atoms with Crippen molar-refractivity contribution in [2.45, 2.75) is 18.7 Å². The Labute approximate surface area is 188 Å². The minimum Gasteiger partial charge on any atom is -0.495 e. The number of sulfonamides is 1. The fraction of sp³-hybridized carbons (Fsp3) is 0.429. The summed E-state index contributed by atoms with van der Waals surface area (Å²) in [5.74, 6) is 0.705. The van der Waals surface area contributed by atoms with Gasteiger partial charge >= 0.3 is 0 Å². The summed E-state index contributed by atoms with van der Waals surface area (Å²) in [4.78, 5) is 21.2. The quantitative estimate of drug-likeness (QED) is 0.624. The van der Waals surface area contributed by atoms with E-state index in [1.165, 1.54) is 23.5 Å². The highest BCUT2D eigenvalue weighted by atomic mass is 35.5. The monoisotopic (exact) mass is 466 g/mol. The molecule has 0 N–H and O–H groups in total. The number of pyridine rings is 1. The summed E-state index contributed by atoms with van der Waals surface area (Å²) in [5.41, 5.74) is 0.316. The predicted molar refractivity (Wildman–Crippen MR) is 120 cm³/mol. The van der Waals surface area contributed by atoms with Crippen LogP contribution >= 0.6 is 11.6 Å². The van der Waals surface area contributed by atoms with E-state index in [2.05, 4.69) is 4.98 Å². The molecule has 1 aliphatic heterocycles. The molecular weight excluding hydrogens is 440 g/mol. The van der Waals surface area contributed by atoms with Crippen molar-refractivity contribution >= 4 is 33.3 Å². The Morgan fingerprint density at radius 2 is 1.84 bits per heavy atom. The van der Waals surface area contributed by atoms with Crippen molar-refractivity contribution in [2.24, 2.45) is 0 Å². The number of aromatic nitrogens is 1. The molecule has 0 radical (unpaired) electrons. The molecule has 1 saturated heterocycles. The summed E-state index contributed by atoms with van der Waals surface area (Å²) >= 11 is 6.23. The summed E-state index contributed by atoms with van der Waals surface area (Å²) in [5, 5.41) is 0.573. The Kier molecular flexibility index (Phi) is 7.40. The molecule has 1 aromatic heterocycles. The lowest BCUT2D eigenvalue weighted by molar-refractivity contribution is 0.0746. The second-order valence-electron chi connectivity index (χ2n) is 7.04. The van der Waals surface area contributed by atoms with Crippen molar-refractivity contribution in [3.63, 3.8) is 0 Å². The zero-order valence-corrected chi connectivity index (χ0v) is 19.5. The average Bonchev–Trinajstić information content (AvgIpc) is 2.79. The summed E-state index contributed by atoms with van der Waals surface area (Å²) in [7, 11) is -2.36. The number of carbonyl (C=O) groups excluding carboxylic acids is 1. The molecule has 1 aromatic carbocycles. The number of rotatable bonds is 7. The molecule has 0 atom stereocenters. The minimum absolute atomic E-state index is 0.00320. The van der Waals surface area contributed by atoms with Crippen molar-refractivity contribution in [3.05, 3.63) is 47.1 Å². The Balaban J connectivity index is 1.81. The number of methoxy groups -OCH3 is 1. The number of carbonyl (C=O) groups is 1. The van der Waals surface area contributed by atoms with E-state index in [1.54, 1.807) is 43.1 Å². The van der Waals surface area contributed by atoms with Gasteiger partial charge < -0.3 is 14.5 Å². The predicted octanol–water partition coefficient (Wildman–Crippen LogP) is 2.74. The largest absolute Gasteiger partial charge is 0.495 e. The second-order valence-corrected chi connectivity index (χ2v) is 9.36. The Morgan fingerprint density at radius 3 is 2.42 bits per heavy atom. The van der Waals surface area contributed by atoms with Crippen molar-refractivity contribution in [1.29, 1.82) is 0 Å². The van der Waals surface area contributed by atoms with Gasteiger partial charge in [0.25, 0.3) is 5.91 Å². The zero-order chi connectivity index (χ0) is 22.6. The summed E-state index contributed by atoms with van der Waals surface area (Å²) in [6.45, 7) is 6.35. The van der Waals surface area contributed by atoms with Crippen LogP contribution < -0.4 is 9.64 Å². The molecule has 10 heteroatoms. The lowest BCUT2D eigenvalue weighted by Gasteiger charge is -2.35. The highest BCUT2D eigenvalue weighted by Gasteiger charge is 2.29. The molecule has 1 aliphatic rings. The van der Waals surface area contributed by atoms with Crippen molar-refractivity contribution < 1.29 is 17.9 Å². The van der Waals surface area contributed by atoms with E-state index in [9.17, 15) is 13.2 Å². The van der Waals surface area contributed by atoms with Crippen LogP contribution in [0.15, 0.2) is 41.4 Å². The highest BCUT2D eigenvalue weighted by molar-refractivity contribution is 7.89. The van der Waals surface area contributed by atoms with Gasteiger partial charge in [-0.1, -0.05) is 25.4 Å². The van der Waals surface area contributed by atoms with E-state index < -0.39 is 10.0 Å². The molecule has 1 fully saturated rings. The average molecular weight is 467 g/mol. The SMILES string of the molecule is CCN(CC)S(=O)(=O)c1cc(C(=O)N2CCN(c3ncccc3Cl)CC2)ccc1OC. The van der Waals surface area contributed by atoms with E-state index in [0.29, 0.717) is 55.7 Å². The highest BCUT2D eigenvalue weighted by Crippen LogP contribution is 2.29. The molecular formula is C21H27ClN4O4S. The van der Waals surface area contributed by atoms with Crippen LogP contribution in [0, 0.1) is 0 Å². The van der Waals surface area contributed by atoms with Crippen LogP contribution in [0.5, 0.6) is 5.75 Å². The van der Waals surface area contributed by atoms with Crippen LogP contribution in [0.25, 0.3) is 0 Å². The maximum Gasteiger partial charge on any atom is 0.254 e. The fourth-order valence-electron chi connectivity index (χ4n) is 3.63. The van der Waals surface area contributed by atoms with Gasteiger partial charge in [0.05, 0.1) is 12.1 Å². The first-order chi connectivity index (χ1) is 14.8. The number of piperazine rings is 1. The number of nitrogens with zero attached hydrogens (tertiary/aromatic N) is 4. The molecule has 168 valence electrons. The number of ether oxygens (including phenoxy) is 1. The number of amides is 1. The van der Waals surface area contributed by atoms with Gasteiger partial charge in [0, 0.05) is 51.0 Å². The van der Waals surface area contributed by atoms with Crippen LogP contribution in [0.2, 0.25) is 5.02 Å². The number of hydrogen-bond donors (Lipinski definition) is 0. The first kappa shape index (κ1) is 23.3. The maximum absolute atomic E-state index is 13.1. The first-order valence-electron chi connectivity index (χ1n) is 10.2. The van der Waals surface area contributed by atoms with Gasteiger partial charge in [-0.3, -0.25) is 4.79 Å². The molecule has 0 aliphatic carbocycles. The van der Waals surface area contributed by atoms with Crippen molar-refractivity contribution in [2.75, 3.05) is 51.3 Å². The van der Waals surface area contributed by atoms with E-state index in [0.717, 1.165) is 0 Å². The first-order valence-corrected chi connectivity index (χ1v) is 12.0. The third kappa shape index (κ3) is 4.78.